The van der Waals surface area contributed by atoms with Crippen LogP contribution < -0.4 is 10.6 Å². The first-order chi connectivity index (χ1) is 11.5. The predicted octanol–water partition coefficient (Wildman–Crippen LogP) is 4.16. The Morgan fingerprint density at radius 2 is 2.00 bits per heavy atom. The summed E-state index contributed by atoms with van der Waals surface area (Å²) < 4.78 is 1.12. The molecule has 0 bridgehead atoms. The summed E-state index contributed by atoms with van der Waals surface area (Å²) in [6, 6.07) is 6.91. The summed E-state index contributed by atoms with van der Waals surface area (Å²) in [4.78, 5) is 6.96. The molecule has 1 heterocycles. The molecule has 1 aromatic rings. The Labute approximate surface area is 178 Å². The molecular weight excluding hydrogens is 491 g/mol. The van der Waals surface area contributed by atoms with Gasteiger partial charge in [0.15, 0.2) is 5.96 Å². The van der Waals surface area contributed by atoms with Gasteiger partial charge in [-0.3, -0.25) is 4.99 Å². The highest BCUT2D eigenvalue weighted by molar-refractivity contribution is 14.0. The van der Waals surface area contributed by atoms with Crippen LogP contribution >= 0.6 is 39.9 Å². The topological polar surface area (TPSA) is 39.7 Å². The molecule has 0 atom stereocenters. The molecule has 1 aliphatic rings. The minimum absolute atomic E-state index is 0. The summed E-state index contributed by atoms with van der Waals surface area (Å²) >= 11 is 3.51. The fraction of sp³-hybridized carbons (Fsp3) is 0.632. The van der Waals surface area contributed by atoms with Gasteiger partial charge in [-0.15, -0.1) is 24.0 Å². The minimum atomic E-state index is 0. The van der Waals surface area contributed by atoms with E-state index in [4.69, 9.17) is 0 Å². The van der Waals surface area contributed by atoms with E-state index in [0.717, 1.165) is 22.9 Å². The normalized spacial score (nSPS) is 16.6. The summed E-state index contributed by atoms with van der Waals surface area (Å²) in [5.74, 6) is 1.65. The first-order valence-electron chi connectivity index (χ1n) is 8.92. The number of nitrogens with one attached hydrogen (secondary N) is 2. The molecule has 0 amide bonds. The van der Waals surface area contributed by atoms with E-state index in [0.29, 0.717) is 6.04 Å². The van der Waals surface area contributed by atoms with Gasteiger partial charge in [0.25, 0.3) is 0 Å². The second-order valence-electron chi connectivity index (χ2n) is 7.11. The Balaban J connectivity index is 0.00000312. The van der Waals surface area contributed by atoms with Gasteiger partial charge in [-0.25, -0.2) is 0 Å². The van der Waals surface area contributed by atoms with Gasteiger partial charge in [0, 0.05) is 43.7 Å². The van der Waals surface area contributed by atoms with Crippen LogP contribution in [0.2, 0.25) is 0 Å². The highest BCUT2D eigenvalue weighted by atomic mass is 127. The van der Waals surface area contributed by atoms with Crippen molar-refractivity contribution in [1.29, 1.82) is 0 Å². The maximum Gasteiger partial charge on any atom is 0.191 e. The second kappa shape index (κ2) is 11.4. The lowest BCUT2D eigenvalue weighted by atomic mass is 10.0. The molecule has 1 saturated heterocycles. The number of hydrogen-bond donors (Lipinski definition) is 2. The highest BCUT2D eigenvalue weighted by Crippen LogP contribution is 2.16. The average Bonchev–Trinajstić information content (AvgIpc) is 2.54. The maximum absolute atomic E-state index is 4.38. The van der Waals surface area contributed by atoms with Crippen molar-refractivity contribution >= 4 is 45.9 Å². The fourth-order valence-electron chi connectivity index (χ4n) is 3.20. The number of hydrogen-bond acceptors (Lipinski definition) is 2. The standard InChI is InChI=1S/C19H31BrN4.HI/c1-14(2)13-24-9-7-18(8-10-24)23-19(21-4)22-12-16-5-6-17(20)11-15(16)3;/h5-6,11,14,18H,7-10,12-13H2,1-4H3,(H2,21,22,23);1H. The highest BCUT2D eigenvalue weighted by Gasteiger charge is 2.20. The monoisotopic (exact) mass is 522 g/mol. The van der Waals surface area contributed by atoms with Crippen LogP contribution in [0.1, 0.15) is 37.8 Å². The van der Waals surface area contributed by atoms with Gasteiger partial charge in [-0.1, -0.05) is 35.8 Å². The third kappa shape index (κ3) is 7.83. The van der Waals surface area contributed by atoms with Crippen molar-refractivity contribution in [2.45, 2.75) is 46.2 Å². The Bertz CT molecular complexity index is 554. The average molecular weight is 523 g/mol. The van der Waals surface area contributed by atoms with E-state index in [1.165, 1.54) is 43.6 Å². The molecule has 0 saturated carbocycles. The molecule has 6 heteroatoms. The Kier molecular flexibility index (Phi) is 10.3. The maximum atomic E-state index is 4.38. The number of rotatable bonds is 5. The van der Waals surface area contributed by atoms with E-state index >= 15 is 0 Å². The molecule has 0 aromatic heterocycles. The van der Waals surface area contributed by atoms with Crippen molar-refractivity contribution in [3.05, 3.63) is 33.8 Å². The lowest BCUT2D eigenvalue weighted by Crippen LogP contribution is -2.49. The van der Waals surface area contributed by atoms with Crippen LogP contribution in [0.15, 0.2) is 27.7 Å². The fourth-order valence-corrected chi connectivity index (χ4v) is 3.68. The molecule has 1 fully saturated rings. The van der Waals surface area contributed by atoms with Crippen LogP contribution in [0.5, 0.6) is 0 Å². The van der Waals surface area contributed by atoms with Crippen molar-refractivity contribution < 1.29 is 0 Å². The molecule has 25 heavy (non-hydrogen) atoms. The number of likely N-dealkylation sites (tertiary alicyclic amines) is 1. The number of nitrogens with zero attached hydrogens (tertiary/aromatic N) is 2. The molecule has 142 valence electrons. The predicted molar refractivity (Wildman–Crippen MR) is 122 cm³/mol. The van der Waals surface area contributed by atoms with Gasteiger partial charge in [-0.05, 0) is 48.9 Å². The van der Waals surface area contributed by atoms with E-state index in [9.17, 15) is 0 Å². The number of guanidine groups is 1. The first kappa shape index (κ1) is 22.7. The van der Waals surface area contributed by atoms with Crippen LogP contribution in [0.3, 0.4) is 0 Å². The van der Waals surface area contributed by atoms with Crippen LogP contribution in [0.4, 0.5) is 0 Å². The zero-order valence-electron chi connectivity index (χ0n) is 15.8. The zero-order valence-corrected chi connectivity index (χ0v) is 19.7. The molecule has 4 nitrogen and oxygen atoms in total. The molecular formula is C19H32BrIN4. The first-order valence-corrected chi connectivity index (χ1v) is 9.71. The molecule has 2 N–H and O–H groups in total. The lowest BCUT2D eigenvalue weighted by molar-refractivity contribution is 0.187. The van der Waals surface area contributed by atoms with Crippen LogP contribution in [0.25, 0.3) is 0 Å². The van der Waals surface area contributed by atoms with Crippen LogP contribution in [-0.2, 0) is 6.54 Å². The molecule has 0 radical (unpaired) electrons. The van der Waals surface area contributed by atoms with Crippen LogP contribution in [-0.4, -0.2) is 43.6 Å². The Morgan fingerprint density at radius 1 is 1.32 bits per heavy atom. The third-order valence-corrected chi connectivity index (χ3v) is 5.02. The second-order valence-corrected chi connectivity index (χ2v) is 8.03. The van der Waals surface area contributed by atoms with Crippen molar-refractivity contribution in [3.8, 4) is 0 Å². The van der Waals surface area contributed by atoms with Crippen molar-refractivity contribution in [2.24, 2.45) is 10.9 Å². The van der Waals surface area contributed by atoms with Gasteiger partial charge >= 0.3 is 0 Å². The summed E-state index contributed by atoms with van der Waals surface area (Å²) in [5.41, 5.74) is 2.59. The third-order valence-electron chi connectivity index (χ3n) is 4.53. The summed E-state index contributed by atoms with van der Waals surface area (Å²) in [5, 5.41) is 7.03. The molecule has 0 spiro atoms. The van der Waals surface area contributed by atoms with Crippen LogP contribution in [0, 0.1) is 12.8 Å². The Morgan fingerprint density at radius 3 is 2.56 bits per heavy atom. The number of benzene rings is 1. The van der Waals surface area contributed by atoms with Gasteiger partial charge in [0.2, 0.25) is 0 Å². The lowest BCUT2D eigenvalue weighted by Gasteiger charge is -2.34. The van der Waals surface area contributed by atoms with Gasteiger partial charge < -0.3 is 15.5 Å². The summed E-state index contributed by atoms with van der Waals surface area (Å²) in [6.45, 7) is 11.1. The number of piperidine rings is 1. The Hall–Kier alpha value is -0.340. The zero-order chi connectivity index (χ0) is 17.5. The number of halogens is 2. The van der Waals surface area contributed by atoms with Crippen molar-refractivity contribution in [2.75, 3.05) is 26.7 Å². The molecule has 2 rings (SSSR count). The van der Waals surface area contributed by atoms with Crippen molar-refractivity contribution in [1.82, 2.24) is 15.5 Å². The van der Waals surface area contributed by atoms with E-state index in [2.05, 4.69) is 75.4 Å². The molecule has 1 aromatic carbocycles. The minimum Gasteiger partial charge on any atom is -0.354 e. The van der Waals surface area contributed by atoms with Crippen molar-refractivity contribution in [3.63, 3.8) is 0 Å². The smallest absolute Gasteiger partial charge is 0.191 e. The number of aliphatic imine (C=N–C) groups is 1. The van der Waals surface area contributed by atoms with Gasteiger partial charge in [-0.2, -0.15) is 0 Å². The largest absolute Gasteiger partial charge is 0.354 e. The summed E-state index contributed by atoms with van der Waals surface area (Å²) in [7, 11) is 1.84. The molecule has 0 aliphatic carbocycles. The quantitative estimate of drug-likeness (QED) is 0.346. The van der Waals surface area contributed by atoms with E-state index in [1.807, 2.05) is 7.05 Å². The van der Waals surface area contributed by atoms with E-state index < -0.39 is 0 Å². The van der Waals surface area contributed by atoms with E-state index in [1.54, 1.807) is 0 Å². The van der Waals surface area contributed by atoms with Gasteiger partial charge in [0.05, 0.1) is 0 Å². The van der Waals surface area contributed by atoms with E-state index in [-0.39, 0.29) is 24.0 Å². The number of aryl methyl sites for hydroxylation is 1. The molecule has 0 unspecified atom stereocenters. The molecule has 1 aliphatic heterocycles. The van der Waals surface area contributed by atoms with Gasteiger partial charge in [0.1, 0.15) is 0 Å². The summed E-state index contributed by atoms with van der Waals surface area (Å²) in [6.07, 6.45) is 2.37. The SMILES string of the molecule is CN=C(NCc1ccc(Br)cc1C)NC1CCN(CC(C)C)CC1.I.